The van der Waals surface area contributed by atoms with E-state index in [0.29, 0.717) is 0 Å². The summed E-state index contributed by atoms with van der Waals surface area (Å²) in [5.74, 6) is 1.14. The van der Waals surface area contributed by atoms with Crippen molar-refractivity contribution in [3.8, 4) is 0 Å². The van der Waals surface area contributed by atoms with Crippen LogP contribution in [0, 0.1) is 6.92 Å². The summed E-state index contributed by atoms with van der Waals surface area (Å²) in [4.78, 5) is 11.0. The molecular formula is C16H27N3S. The molecule has 1 saturated heterocycles. The van der Waals surface area contributed by atoms with Gasteiger partial charge in [0.1, 0.15) is 5.82 Å². The number of hydrogen-bond donors (Lipinski definition) is 0. The molecular weight excluding hydrogens is 266 g/mol. The van der Waals surface area contributed by atoms with Crippen LogP contribution >= 0.6 is 11.8 Å². The maximum absolute atomic E-state index is 4.82. The molecule has 0 aliphatic carbocycles. The molecule has 112 valence electrons. The number of nitrogens with zero attached hydrogens (tertiary/aromatic N) is 3. The summed E-state index contributed by atoms with van der Waals surface area (Å²) in [5, 5.41) is 0. The fourth-order valence-corrected chi connectivity index (χ4v) is 3.43. The summed E-state index contributed by atoms with van der Waals surface area (Å²) in [6.45, 7) is 16.7. The van der Waals surface area contributed by atoms with Crippen LogP contribution in [-0.4, -0.2) is 47.4 Å². The summed E-state index contributed by atoms with van der Waals surface area (Å²) < 4.78 is 0.237. The normalized spacial score (nSPS) is 17.6. The van der Waals surface area contributed by atoms with Crippen LogP contribution in [0.1, 0.15) is 33.4 Å². The Hall–Kier alpha value is -0.740. The largest absolute Gasteiger partial charge is 0.354 e. The van der Waals surface area contributed by atoms with Gasteiger partial charge in [0.05, 0.1) is 5.69 Å². The molecule has 0 aromatic carbocycles. The van der Waals surface area contributed by atoms with Crippen LogP contribution in [0.15, 0.2) is 17.0 Å². The minimum absolute atomic E-state index is 0.237. The van der Waals surface area contributed by atoms with Crippen molar-refractivity contribution in [3.05, 3.63) is 17.8 Å². The molecule has 0 spiro atoms. The lowest BCUT2D eigenvalue weighted by Gasteiger charge is -2.35. The van der Waals surface area contributed by atoms with Gasteiger partial charge in [0.2, 0.25) is 0 Å². The lowest BCUT2D eigenvalue weighted by Crippen LogP contribution is -2.46. The summed E-state index contributed by atoms with van der Waals surface area (Å²) in [6.07, 6.45) is 0. The molecule has 20 heavy (non-hydrogen) atoms. The fraction of sp³-hybridized carbons (Fsp3) is 0.688. The minimum atomic E-state index is 0.237. The van der Waals surface area contributed by atoms with Crippen molar-refractivity contribution in [2.75, 3.05) is 37.6 Å². The molecule has 1 aliphatic heterocycles. The van der Waals surface area contributed by atoms with Crippen LogP contribution in [0.2, 0.25) is 0 Å². The van der Waals surface area contributed by atoms with Crippen LogP contribution in [0.3, 0.4) is 0 Å². The summed E-state index contributed by atoms with van der Waals surface area (Å²) >= 11 is 1.90. The van der Waals surface area contributed by atoms with Gasteiger partial charge in [-0.2, -0.15) is 0 Å². The monoisotopic (exact) mass is 293 g/mol. The molecule has 2 rings (SSSR count). The molecule has 0 atom stereocenters. The Morgan fingerprint density at radius 1 is 1.15 bits per heavy atom. The van der Waals surface area contributed by atoms with Crippen LogP contribution in [0.4, 0.5) is 5.82 Å². The second-order valence-corrected chi connectivity index (χ2v) is 8.26. The van der Waals surface area contributed by atoms with Crippen molar-refractivity contribution in [1.82, 2.24) is 9.88 Å². The Kier molecular flexibility index (Phi) is 4.97. The third kappa shape index (κ3) is 4.13. The maximum Gasteiger partial charge on any atom is 0.128 e. The Morgan fingerprint density at radius 2 is 1.80 bits per heavy atom. The van der Waals surface area contributed by atoms with E-state index in [0.717, 1.165) is 44.2 Å². The molecule has 1 aromatic heterocycles. The smallest absolute Gasteiger partial charge is 0.128 e. The van der Waals surface area contributed by atoms with Crippen molar-refractivity contribution in [2.45, 2.75) is 44.3 Å². The Bertz CT molecular complexity index is 446. The number of anilines is 1. The molecule has 4 heteroatoms. The van der Waals surface area contributed by atoms with E-state index >= 15 is 0 Å². The number of likely N-dealkylation sites (N-methyl/N-ethyl adjacent to an activating group) is 1. The molecule has 3 nitrogen and oxygen atoms in total. The molecule has 2 heterocycles. The first-order valence-corrected chi connectivity index (χ1v) is 8.34. The van der Waals surface area contributed by atoms with E-state index in [4.69, 9.17) is 4.98 Å². The van der Waals surface area contributed by atoms with Crippen molar-refractivity contribution >= 4 is 17.6 Å². The highest BCUT2D eigenvalue weighted by atomic mass is 32.2. The van der Waals surface area contributed by atoms with Gasteiger partial charge in [0.25, 0.3) is 0 Å². The number of aromatic nitrogens is 1. The van der Waals surface area contributed by atoms with E-state index in [1.165, 1.54) is 4.90 Å². The average Bonchev–Trinajstić information content (AvgIpc) is 2.40. The van der Waals surface area contributed by atoms with Gasteiger partial charge >= 0.3 is 0 Å². The van der Waals surface area contributed by atoms with Crippen molar-refractivity contribution in [2.24, 2.45) is 0 Å². The van der Waals surface area contributed by atoms with Crippen LogP contribution < -0.4 is 4.90 Å². The average molecular weight is 293 g/mol. The number of hydrogen-bond acceptors (Lipinski definition) is 4. The predicted molar refractivity (Wildman–Crippen MR) is 88.9 cm³/mol. The van der Waals surface area contributed by atoms with Gasteiger partial charge in [-0.3, -0.25) is 0 Å². The van der Waals surface area contributed by atoms with Gasteiger partial charge in [-0.1, -0.05) is 27.7 Å². The van der Waals surface area contributed by atoms with Gasteiger partial charge in [-0.15, -0.1) is 11.8 Å². The van der Waals surface area contributed by atoms with E-state index in [1.54, 1.807) is 0 Å². The summed E-state index contributed by atoms with van der Waals surface area (Å²) in [7, 11) is 0. The van der Waals surface area contributed by atoms with Gasteiger partial charge in [-0.25, -0.2) is 4.98 Å². The zero-order chi connectivity index (χ0) is 14.8. The highest BCUT2D eigenvalue weighted by Gasteiger charge is 2.19. The number of rotatable bonds is 3. The Labute approximate surface area is 127 Å². The lowest BCUT2D eigenvalue weighted by atomic mass is 10.3. The molecule has 0 bridgehead atoms. The number of pyridine rings is 1. The van der Waals surface area contributed by atoms with E-state index < -0.39 is 0 Å². The van der Waals surface area contributed by atoms with Crippen LogP contribution in [-0.2, 0) is 0 Å². The third-order valence-corrected chi connectivity index (χ3v) is 4.85. The lowest BCUT2D eigenvalue weighted by molar-refractivity contribution is 0.270. The molecule has 1 fully saturated rings. The molecule has 0 radical (unpaired) electrons. The number of piperazine rings is 1. The van der Waals surface area contributed by atoms with Crippen molar-refractivity contribution in [3.63, 3.8) is 0 Å². The van der Waals surface area contributed by atoms with Gasteiger partial charge in [-0.05, 0) is 25.6 Å². The first-order chi connectivity index (χ1) is 9.39. The molecule has 0 N–H and O–H groups in total. The predicted octanol–water partition coefficient (Wildman–Crippen LogP) is 3.42. The van der Waals surface area contributed by atoms with Gasteiger partial charge < -0.3 is 9.80 Å². The summed E-state index contributed by atoms with van der Waals surface area (Å²) in [5.41, 5.74) is 1.15. The van der Waals surface area contributed by atoms with E-state index in [1.807, 2.05) is 11.8 Å². The minimum Gasteiger partial charge on any atom is -0.354 e. The van der Waals surface area contributed by atoms with Crippen LogP contribution in [0.5, 0.6) is 0 Å². The van der Waals surface area contributed by atoms with Gasteiger partial charge in [0, 0.05) is 35.8 Å². The highest BCUT2D eigenvalue weighted by Crippen LogP contribution is 2.34. The summed E-state index contributed by atoms with van der Waals surface area (Å²) in [6, 6.07) is 4.42. The molecule has 1 aliphatic rings. The quantitative estimate of drug-likeness (QED) is 0.795. The van der Waals surface area contributed by atoms with E-state index in [-0.39, 0.29) is 4.75 Å². The maximum atomic E-state index is 4.82. The number of aryl methyl sites for hydroxylation is 1. The zero-order valence-corrected chi connectivity index (χ0v) is 14.3. The Morgan fingerprint density at radius 3 is 2.30 bits per heavy atom. The highest BCUT2D eigenvalue weighted by molar-refractivity contribution is 8.00. The zero-order valence-electron chi connectivity index (χ0n) is 13.4. The van der Waals surface area contributed by atoms with Crippen molar-refractivity contribution in [1.29, 1.82) is 0 Å². The van der Waals surface area contributed by atoms with E-state index in [2.05, 4.69) is 56.6 Å². The Balaban J connectivity index is 2.06. The third-order valence-electron chi connectivity index (χ3n) is 3.58. The topological polar surface area (TPSA) is 19.4 Å². The second-order valence-electron chi connectivity index (χ2n) is 6.39. The first kappa shape index (κ1) is 15.6. The molecule has 1 aromatic rings. The molecule has 0 saturated carbocycles. The first-order valence-electron chi connectivity index (χ1n) is 7.53. The van der Waals surface area contributed by atoms with Crippen LogP contribution in [0.25, 0.3) is 0 Å². The van der Waals surface area contributed by atoms with Crippen molar-refractivity contribution < 1.29 is 0 Å². The fourth-order valence-electron chi connectivity index (χ4n) is 2.44. The van der Waals surface area contributed by atoms with E-state index in [9.17, 15) is 0 Å². The second kappa shape index (κ2) is 6.35. The standard InChI is InChI=1S/C16H27N3S/c1-6-18-9-11-19(12-10-18)15-8-7-14(13(2)17-15)20-16(3,4)5/h7-8H,6,9-12H2,1-5H3. The molecule has 0 amide bonds. The van der Waals surface area contributed by atoms with Gasteiger partial charge in [0.15, 0.2) is 0 Å². The molecule has 0 unspecified atom stereocenters. The SMILES string of the molecule is CCN1CCN(c2ccc(SC(C)(C)C)c(C)n2)CC1. The number of thioether (sulfide) groups is 1.